The van der Waals surface area contributed by atoms with Gasteiger partial charge >= 0.3 is 0 Å². The minimum Gasteiger partial charge on any atom is -0.384 e. The molecule has 0 saturated carbocycles. The zero-order chi connectivity index (χ0) is 8.10. The van der Waals surface area contributed by atoms with E-state index in [1.807, 2.05) is 16.8 Å². The van der Waals surface area contributed by atoms with Gasteiger partial charge in [0, 0.05) is 24.0 Å². The third kappa shape index (κ3) is 3.18. The number of anilines is 1. The highest BCUT2D eigenvalue weighted by atomic mass is 32.1. The van der Waals surface area contributed by atoms with Crippen molar-refractivity contribution in [1.29, 1.82) is 0 Å². The molecule has 0 aliphatic rings. The maximum absolute atomic E-state index is 10.5. The lowest BCUT2D eigenvalue weighted by molar-refractivity contribution is -0.116. The van der Waals surface area contributed by atoms with E-state index in [1.165, 1.54) is 0 Å². The van der Waals surface area contributed by atoms with Crippen molar-refractivity contribution in [3.63, 3.8) is 0 Å². The fraction of sp³-hybridized carbons (Fsp3) is 0.375. The number of rotatable bonds is 4. The molecule has 0 atom stereocenters. The van der Waals surface area contributed by atoms with E-state index >= 15 is 0 Å². The first-order valence-corrected chi connectivity index (χ1v) is 4.49. The number of carbonyl (C=O) groups excluding carboxylic acids is 1. The Bertz CT molecular complexity index is 218. The predicted molar refractivity (Wildman–Crippen MR) is 48.1 cm³/mol. The molecule has 0 fully saturated rings. The minimum atomic E-state index is 0.229. The van der Waals surface area contributed by atoms with Gasteiger partial charge in [0.2, 0.25) is 0 Å². The normalized spacial score (nSPS) is 9.55. The number of carbonyl (C=O) groups is 1. The molecule has 3 heteroatoms. The van der Waals surface area contributed by atoms with Gasteiger partial charge < -0.3 is 5.32 Å². The van der Waals surface area contributed by atoms with E-state index in [9.17, 15) is 4.79 Å². The molecule has 0 aliphatic heterocycles. The van der Waals surface area contributed by atoms with Gasteiger partial charge in [-0.1, -0.05) is 0 Å². The second kappa shape index (κ2) is 4.13. The van der Waals surface area contributed by atoms with Crippen molar-refractivity contribution in [1.82, 2.24) is 0 Å². The topological polar surface area (TPSA) is 29.1 Å². The first-order valence-electron chi connectivity index (χ1n) is 3.54. The van der Waals surface area contributed by atoms with Gasteiger partial charge in [-0.3, -0.25) is 4.79 Å². The van der Waals surface area contributed by atoms with Crippen LogP contribution in [0, 0.1) is 0 Å². The molecular weight excluding hydrogens is 158 g/mol. The Hall–Kier alpha value is -0.830. The van der Waals surface area contributed by atoms with Crippen LogP contribution in [0.25, 0.3) is 0 Å². The molecule has 0 radical (unpaired) electrons. The van der Waals surface area contributed by atoms with Crippen molar-refractivity contribution in [2.75, 3.05) is 11.9 Å². The first-order chi connectivity index (χ1) is 5.29. The van der Waals surface area contributed by atoms with Gasteiger partial charge in [0.1, 0.15) is 5.78 Å². The standard InChI is InChI=1S/C8H11NOS/c1-7(10)2-4-9-8-3-5-11-6-8/h3,5-6,9H,2,4H2,1H3. The predicted octanol–water partition coefficient (Wildman–Crippen LogP) is 2.14. The van der Waals surface area contributed by atoms with Crippen LogP contribution < -0.4 is 5.32 Å². The smallest absolute Gasteiger partial charge is 0.131 e. The Morgan fingerprint density at radius 2 is 2.55 bits per heavy atom. The number of thiophene rings is 1. The Balaban J connectivity index is 2.19. The van der Waals surface area contributed by atoms with Crippen molar-refractivity contribution >= 4 is 22.8 Å². The fourth-order valence-electron chi connectivity index (χ4n) is 0.748. The van der Waals surface area contributed by atoms with Crippen LogP contribution in [-0.4, -0.2) is 12.3 Å². The number of ketones is 1. The first kappa shape index (κ1) is 8.27. The molecule has 1 N–H and O–H groups in total. The van der Waals surface area contributed by atoms with Crippen LogP contribution in [0.5, 0.6) is 0 Å². The summed E-state index contributed by atoms with van der Waals surface area (Å²) in [6.45, 7) is 2.35. The molecule has 1 heterocycles. The summed E-state index contributed by atoms with van der Waals surface area (Å²) < 4.78 is 0. The lowest BCUT2D eigenvalue weighted by Gasteiger charge is -1.99. The molecule has 0 amide bonds. The Morgan fingerprint density at radius 3 is 3.09 bits per heavy atom. The zero-order valence-corrected chi connectivity index (χ0v) is 7.28. The van der Waals surface area contributed by atoms with Gasteiger partial charge in [-0.05, 0) is 18.4 Å². The van der Waals surface area contributed by atoms with Crippen LogP contribution in [-0.2, 0) is 4.79 Å². The minimum absolute atomic E-state index is 0.229. The molecule has 2 nitrogen and oxygen atoms in total. The molecule has 1 rings (SSSR count). The quantitative estimate of drug-likeness (QED) is 0.748. The van der Waals surface area contributed by atoms with Gasteiger partial charge in [0.05, 0.1) is 0 Å². The van der Waals surface area contributed by atoms with E-state index in [2.05, 4.69) is 5.32 Å². The molecule has 0 unspecified atom stereocenters. The van der Waals surface area contributed by atoms with Crippen molar-refractivity contribution in [3.05, 3.63) is 16.8 Å². The maximum Gasteiger partial charge on any atom is 0.131 e. The highest BCUT2D eigenvalue weighted by molar-refractivity contribution is 7.08. The van der Waals surface area contributed by atoms with Gasteiger partial charge in [-0.15, -0.1) is 0 Å². The van der Waals surface area contributed by atoms with Crippen LogP contribution in [0.15, 0.2) is 16.8 Å². The average Bonchev–Trinajstić information content (AvgIpc) is 2.39. The summed E-state index contributed by atoms with van der Waals surface area (Å²) in [6.07, 6.45) is 0.607. The maximum atomic E-state index is 10.5. The summed E-state index contributed by atoms with van der Waals surface area (Å²) in [5.74, 6) is 0.229. The van der Waals surface area contributed by atoms with Crippen molar-refractivity contribution < 1.29 is 4.79 Å². The largest absolute Gasteiger partial charge is 0.384 e. The molecule has 1 aromatic heterocycles. The summed E-state index contributed by atoms with van der Waals surface area (Å²) >= 11 is 1.65. The van der Waals surface area contributed by atoms with Crippen LogP contribution in [0.1, 0.15) is 13.3 Å². The summed E-state index contributed by atoms with van der Waals surface area (Å²) in [4.78, 5) is 10.5. The lowest BCUT2D eigenvalue weighted by Crippen LogP contribution is -2.04. The average molecular weight is 169 g/mol. The van der Waals surface area contributed by atoms with Crippen molar-refractivity contribution in [2.45, 2.75) is 13.3 Å². The van der Waals surface area contributed by atoms with E-state index in [4.69, 9.17) is 0 Å². The monoisotopic (exact) mass is 169 g/mol. The van der Waals surface area contributed by atoms with Gasteiger partial charge in [0.25, 0.3) is 0 Å². The van der Waals surface area contributed by atoms with E-state index < -0.39 is 0 Å². The number of nitrogens with one attached hydrogen (secondary N) is 1. The van der Waals surface area contributed by atoms with E-state index in [0.29, 0.717) is 6.42 Å². The highest BCUT2D eigenvalue weighted by Crippen LogP contribution is 2.11. The summed E-state index contributed by atoms with van der Waals surface area (Å²) in [5, 5.41) is 7.18. The molecule has 0 aromatic carbocycles. The summed E-state index contributed by atoms with van der Waals surface area (Å²) in [5.41, 5.74) is 1.11. The summed E-state index contributed by atoms with van der Waals surface area (Å²) in [7, 11) is 0. The Labute approximate surface area is 70.2 Å². The fourth-order valence-corrected chi connectivity index (χ4v) is 1.36. The van der Waals surface area contributed by atoms with Gasteiger partial charge in [-0.25, -0.2) is 0 Å². The van der Waals surface area contributed by atoms with Crippen LogP contribution in [0.2, 0.25) is 0 Å². The van der Waals surface area contributed by atoms with Crippen molar-refractivity contribution in [2.24, 2.45) is 0 Å². The molecule has 1 aromatic rings. The van der Waals surface area contributed by atoms with E-state index in [0.717, 1.165) is 12.2 Å². The van der Waals surface area contributed by atoms with Crippen LogP contribution >= 0.6 is 11.3 Å². The van der Waals surface area contributed by atoms with E-state index in [-0.39, 0.29) is 5.78 Å². The molecule has 0 bridgehead atoms. The molecule has 60 valence electrons. The highest BCUT2D eigenvalue weighted by Gasteiger charge is 1.93. The van der Waals surface area contributed by atoms with Crippen LogP contribution in [0.3, 0.4) is 0 Å². The molecular formula is C8H11NOS. The second-order valence-corrected chi connectivity index (χ2v) is 3.17. The summed E-state index contributed by atoms with van der Waals surface area (Å²) in [6, 6.07) is 2.00. The van der Waals surface area contributed by atoms with E-state index in [1.54, 1.807) is 18.3 Å². The third-order valence-electron chi connectivity index (χ3n) is 1.33. The van der Waals surface area contributed by atoms with Crippen LogP contribution in [0.4, 0.5) is 5.69 Å². The number of Topliss-reactive ketones (excluding diaryl/α,β-unsaturated/α-hetero) is 1. The van der Waals surface area contributed by atoms with Gasteiger partial charge in [0.15, 0.2) is 0 Å². The Morgan fingerprint density at radius 1 is 1.73 bits per heavy atom. The number of hydrogen-bond donors (Lipinski definition) is 1. The Kier molecular flexibility index (Phi) is 3.11. The number of hydrogen-bond acceptors (Lipinski definition) is 3. The van der Waals surface area contributed by atoms with Gasteiger partial charge in [-0.2, -0.15) is 11.3 Å². The third-order valence-corrected chi connectivity index (χ3v) is 2.01. The molecule has 0 aliphatic carbocycles. The lowest BCUT2D eigenvalue weighted by atomic mass is 10.3. The molecule has 0 saturated heterocycles. The molecule has 11 heavy (non-hydrogen) atoms. The zero-order valence-electron chi connectivity index (χ0n) is 6.46. The SMILES string of the molecule is CC(=O)CCNc1ccsc1. The van der Waals surface area contributed by atoms with Crippen molar-refractivity contribution in [3.8, 4) is 0 Å². The molecule has 0 spiro atoms. The second-order valence-electron chi connectivity index (χ2n) is 2.39.